The Morgan fingerprint density at radius 2 is 1.94 bits per heavy atom. The summed E-state index contributed by atoms with van der Waals surface area (Å²) in [5, 5.41) is 2.85. The normalized spacial score (nSPS) is 12.3. The number of hydrogen-bond donors (Lipinski definition) is 1. The topological polar surface area (TPSA) is 58.6 Å². The van der Waals surface area contributed by atoms with Crippen molar-refractivity contribution in [3.63, 3.8) is 0 Å². The van der Waals surface area contributed by atoms with Crippen molar-refractivity contribution >= 4 is 11.9 Å². The van der Waals surface area contributed by atoms with Gasteiger partial charge in [0.05, 0.1) is 20.2 Å². The van der Waals surface area contributed by atoms with E-state index in [-0.39, 0.29) is 31.0 Å². The average Bonchev–Trinajstić information content (AvgIpc) is 2.27. The largest absolute Gasteiger partial charge is 0.468 e. The number of amides is 1. The zero-order valence-electron chi connectivity index (χ0n) is 10.6. The molecule has 0 aliphatic carbocycles. The first kappa shape index (κ1) is 14.9. The van der Waals surface area contributed by atoms with Gasteiger partial charge in [-0.05, 0) is 19.9 Å². The van der Waals surface area contributed by atoms with Gasteiger partial charge in [-0.3, -0.25) is 14.5 Å². The zero-order valence-corrected chi connectivity index (χ0v) is 10.6. The molecule has 0 bridgehead atoms. The average molecular weight is 230 g/mol. The fourth-order valence-electron chi connectivity index (χ4n) is 1.15. The van der Waals surface area contributed by atoms with Crippen LogP contribution in [0.2, 0.25) is 0 Å². The van der Waals surface area contributed by atoms with Gasteiger partial charge >= 0.3 is 5.97 Å². The number of likely N-dealkylation sites (N-methyl/N-ethyl adjacent to an activating group) is 1. The lowest BCUT2D eigenvalue weighted by Crippen LogP contribution is -2.42. The Kier molecular flexibility index (Phi) is 7.54. The van der Waals surface area contributed by atoms with Crippen molar-refractivity contribution in [3.05, 3.63) is 0 Å². The van der Waals surface area contributed by atoms with Gasteiger partial charge in [0.15, 0.2) is 0 Å². The number of hydrogen-bond acceptors (Lipinski definition) is 4. The van der Waals surface area contributed by atoms with Gasteiger partial charge in [-0.1, -0.05) is 13.8 Å². The molecule has 1 unspecified atom stereocenters. The molecule has 0 heterocycles. The van der Waals surface area contributed by atoms with Gasteiger partial charge in [-0.15, -0.1) is 0 Å². The zero-order chi connectivity index (χ0) is 12.6. The number of carbonyl (C=O) groups is 2. The third kappa shape index (κ3) is 6.40. The lowest BCUT2D eigenvalue weighted by molar-refractivity contribution is -0.142. The van der Waals surface area contributed by atoms with E-state index in [2.05, 4.69) is 10.1 Å². The van der Waals surface area contributed by atoms with E-state index in [1.165, 1.54) is 7.11 Å². The van der Waals surface area contributed by atoms with Crippen LogP contribution >= 0.6 is 0 Å². The molecule has 94 valence electrons. The van der Waals surface area contributed by atoms with Crippen LogP contribution in [-0.2, 0) is 14.3 Å². The second kappa shape index (κ2) is 8.10. The Labute approximate surface area is 97.1 Å². The van der Waals surface area contributed by atoms with E-state index >= 15 is 0 Å². The van der Waals surface area contributed by atoms with Crippen LogP contribution in [0.1, 0.15) is 27.2 Å². The van der Waals surface area contributed by atoms with E-state index in [1.54, 1.807) is 4.90 Å². The molecule has 5 nitrogen and oxygen atoms in total. The second-order valence-corrected chi connectivity index (χ2v) is 3.76. The number of carbonyl (C=O) groups excluding carboxylic acids is 2. The van der Waals surface area contributed by atoms with Crippen molar-refractivity contribution in [2.75, 3.05) is 26.7 Å². The molecule has 0 aromatic carbocycles. The molecule has 0 aliphatic heterocycles. The molecule has 0 aliphatic rings. The highest BCUT2D eigenvalue weighted by molar-refractivity contribution is 5.79. The summed E-state index contributed by atoms with van der Waals surface area (Å²) in [7, 11) is 1.34. The first-order chi connectivity index (χ1) is 7.53. The number of nitrogens with zero attached hydrogens (tertiary/aromatic N) is 1. The first-order valence-electron chi connectivity index (χ1n) is 5.61. The molecular weight excluding hydrogens is 208 g/mol. The highest BCUT2D eigenvalue weighted by Gasteiger charge is 2.13. The van der Waals surface area contributed by atoms with Crippen molar-refractivity contribution < 1.29 is 14.3 Å². The molecule has 0 saturated carbocycles. The maximum atomic E-state index is 11.5. The molecule has 1 N–H and O–H groups in total. The molecular formula is C11H22N2O3. The lowest BCUT2D eigenvalue weighted by atomic mass is 10.2. The SMILES string of the molecule is CCC(C)NC(=O)CN(CC)CC(=O)OC. The minimum absolute atomic E-state index is 0.0555. The monoisotopic (exact) mass is 230 g/mol. The fraction of sp³-hybridized carbons (Fsp3) is 0.818. The van der Waals surface area contributed by atoms with Crippen LogP contribution in [-0.4, -0.2) is 49.6 Å². The van der Waals surface area contributed by atoms with Crippen molar-refractivity contribution in [1.82, 2.24) is 10.2 Å². The predicted octanol–water partition coefficient (Wildman–Crippen LogP) is 0.396. The summed E-state index contributed by atoms with van der Waals surface area (Å²) in [6.07, 6.45) is 0.898. The molecule has 1 atom stereocenters. The van der Waals surface area contributed by atoms with Crippen LogP contribution in [0, 0.1) is 0 Å². The summed E-state index contributed by atoms with van der Waals surface area (Å²) in [5.41, 5.74) is 0. The van der Waals surface area contributed by atoms with Crippen LogP contribution in [0.3, 0.4) is 0 Å². The molecule has 0 aromatic heterocycles. The molecule has 0 aromatic rings. The number of esters is 1. The van der Waals surface area contributed by atoms with Gasteiger partial charge in [-0.2, -0.15) is 0 Å². The maximum absolute atomic E-state index is 11.5. The molecule has 5 heteroatoms. The molecule has 0 fully saturated rings. The summed E-state index contributed by atoms with van der Waals surface area (Å²) >= 11 is 0. The summed E-state index contributed by atoms with van der Waals surface area (Å²) in [5.74, 6) is -0.377. The van der Waals surface area contributed by atoms with Crippen LogP contribution in [0.15, 0.2) is 0 Å². The maximum Gasteiger partial charge on any atom is 0.319 e. The quantitative estimate of drug-likeness (QED) is 0.643. The number of methoxy groups -OCH3 is 1. The molecule has 16 heavy (non-hydrogen) atoms. The van der Waals surface area contributed by atoms with Crippen LogP contribution < -0.4 is 5.32 Å². The molecule has 0 radical (unpaired) electrons. The molecule has 0 rings (SSSR count). The van der Waals surface area contributed by atoms with Crippen molar-refractivity contribution in [3.8, 4) is 0 Å². The van der Waals surface area contributed by atoms with Gasteiger partial charge in [0, 0.05) is 6.04 Å². The smallest absolute Gasteiger partial charge is 0.319 e. The van der Waals surface area contributed by atoms with Gasteiger partial charge in [0.2, 0.25) is 5.91 Å². The van der Waals surface area contributed by atoms with E-state index in [0.717, 1.165) is 6.42 Å². The lowest BCUT2D eigenvalue weighted by Gasteiger charge is -2.19. The number of rotatable bonds is 7. The summed E-state index contributed by atoms with van der Waals surface area (Å²) < 4.78 is 4.55. The van der Waals surface area contributed by atoms with Crippen LogP contribution in [0.5, 0.6) is 0 Å². The highest BCUT2D eigenvalue weighted by atomic mass is 16.5. The molecule has 1 amide bonds. The first-order valence-corrected chi connectivity index (χ1v) is 5.61. The number of ether oxygens (including phenoxy) is 1. The van der Waals surface area contributed by atoms with E-state index < -0.39 is 0 Å². The van der Waals surface area contributed by atoms with Crippen LogP contribution in [0.4, 0.5) is 0 Å². The van der Waals surface area contributed by atoms with Gasteiger partial charge in [0.25, 0.3) is 0 Å². The van der Waals surface area contributed by atoms with Crippen molar-refractivity contribution in [2.45, 2.75) is 33.2 Å². The van der Waals surface area contributed by atoms with E-state index in [1.807, 2.05) is 20.8 Å². The minimum Gasteiger partial charge on any atom is -0.468 e. The Balaban J connectivity index is 4.01. The van der Waals surface area contributed by atoms with Gasteiger partial charge in [-0.25, -0.2) is 0 Å². The summed E-state index contributed by atoms with van der Waals surface area (Å²) in [6, 6.07) is 0.171. The Morgan fingerprint density at radius 3 is 2.38 bits per heavy atom. The summed E-state index contributed by atoms with van der Waals surface area (Å²) in [4.78, 5) is 24.3. The minimum atomic E-state index is -0.321. The molecule has 0 spiro atoms. The predicted molar refractivity (Wildman–Crippen MR) is 62.0 cm³/mol. The standard InChI is InChI=1S/C11H22N2O3/c1-5-9(3)12-10(14)7-13(6-2)8-11(15)16-4/h9H,5-8H2,1-4H3,(H,12,14). The molecule has 0 saturated heterocycles. The third-order valence-electron chi connectivity index (χ3n) is 2.41. The van der Waals surface area contributed by atoms with Gasteiger partial charge in [0.1, 0.15) is 0 Å². The van der Waals surface area contributed by atoms with Crippen LogP contribution in [0.25, 0.3) is 0 Å². The third-order valence-corrected chi connectivity index (χ3v) is 2.41. The fourth-order valence-corrected chi connectivity index (χ4v) is 1.15. The van der Waals surface area contributed by atoms with E-state index in [4.69, 9.17) is 0 Å². The Hall–Kier alpha value is -1.10. The highest BCUT2D eigenvalue weighted by Crippen LogP contribution is 1.92. The summed E-state index contributed by atoms with van der Waals surface area (Å²) in [6.45, 7) is 6.89. The Morgan fingerprint density at radius 1 is 1.31 bits per heavy atom. The van der Waals surface area contributed by atoms with Crippen molar-refractivity contribution in [2.24, 2.45) is 0 Å². The van der Waals surface area contributed by atoms with E-state index in [9.17, 15) is 9.59 Å². The Bertz CT molecular complexity index is 231. The van der Waals surface area contributed by atoms with Crippen molar-refractivity contribution in [1.29, 1.82) is 0 Å². The van der Waals surface area contributed by atoms with E-state index in [0.29, 0.717) is 6.54 Å². The second-order valence-electron chi connectivity index (χ2n) is 3.76. The van der Waals surface area contributed by atoms with Gasteiger partial charge < -0.3 is 10.1 Å². The number of nitrogens with one attached hydrogen (secondary N) is 1.